The molecule has 0 fully saturated rings. The second-order valence-corrected chi connectivity index (χ2v) is 15.1. The third-order valence-electron chi connectivity index (χ3n) is 10.6. The number of rotatable bonds is 5. The van der Waals surface area contributed by atoms with E-state index < -0.39 is 0 Å². The molecule has 8 heteroatoms. The van der Waals surface area contributed by atoms with Gasteiger partial charge in [0.1, 0.15) is 22.9 Å². The Balaban J connectivity index is 1.31. The molecule has 10 aromatic rings. The zero-order valence-electron chi connectivity index (χ0n) is 32.1. The Morgan fingerprint density at radius 1 is 0.339 bits per heavy atom. The van der Waals surface area contributed by atoms with E-state index in [1.807, 2.05) is 50.5 Å². The SMILES string of the molecule is Cc1ccc(-c2nc(-c3ccc(C)cn3)nc(-c3cc(-n4c5ccc(C)cc5c5cc(C)ccc54)cc(-n4c5ccc(C)cc5c5cc(C)ccc54)n3)n2)nc1. The normalized spacial score (nSPS) is 11.8. The van der Waals surface area contributed by atoms with Gasteiger partial charge in [-0.2, -0.15) is 0 Å². The Bertz CT molecular complexity index is 2860. The van der Waals surface area contributed by atoms with E-state index in [4.69, 9.17) is 29.9 Å². The van der Waals surface area contributed by atoms with Crippen LogP contribution in [0.15, 0.2) is 122 Å². The van der Waals surface area contributed by atoms with Crippen LogP contribution in [0.5, 0.6) is 0 Å². The van der Waals surface area contributed by atoms with Crippen molar-refractivity contribution in [3.8, 4) is 46.1 Å². The molecule has 4 aromatic carbocycles. The maximum Gasteiger partial charge on any atom is 0.182 e. The minimum atomic E-state index is 0.428. The van der Waals surface area contributed by atoms with Crippen LogP contribution in [0.1, 0.15) is 33.4 Å². The van der Waals surface area contributed by atoms with E-state index in [-0.39, 0.29) is 0 Å². The Labute approximate surface area is 324 Å². The number of benzene rings is 4. The maximum absolute atomic E-state index is 5.44. The van der Waals surface area contributed by atoms with E-state index in [9.17, 15) is 0 Å². The van der Waals surface area contributed by atoms with Crippen molar-refractivity contribution in [1.29, 1.82) is 0 Å². The fourth-order valence-electron chi connectivity index (χ4n) is 7.81. The fraction of sp³-hybridized carbons (Fsp3) is 0.125. The Hall–Kier alpha value is -7.06. The number of aromatic nitrogens is 8. The molecule has 0 radical (unpaired) electrons. The summed E-state index contributed by atoms with van der Waals surface area (Å²) < 4.78 is 4.61. The summed E-state index contributed by atoms with van der Waals surface area (Å²) in [4.78, 5) is 30.0. The van der Waals surface area contributed by atoms with Gasteiger partial charge in [0.15, 0.2) is 17.5 Å². The molecule has 6 heterocycles. The van der Waals surface area contributed by atoms with E-state index in [1.165, 1.54) is 43.8 Å². The first-order valence-electron chi connectivity index (χ1n) is 18.8. The van der Waals surface area contributed by atoms with E-state index in [1.54, 1.807) is 0 Å². The van der Waals surface area contributed by atoms with Crippen molar-refractivity contribution in [2.24, 2.45) is 0 Å². The summed E-state index contributed by atoms with van der Waals surface area (Å²) in [6, 6.07) is 38.8. The molecule has 0 saturated heterocycles. The van der Waals surface area contributed by atoms with Crippen LogP contribution < -0.4 is 0 Å². The number of hydrogen-bond donors (Lipinski definition) is 0. The van der Waals surface area contributed by atoms with Crippen LogP contribution in [0.4, 0.5) is 0 Å². The maximum atomic E-state index is 5.44. The Morgan fingerprint density at radius 3 is 1.11 bits per heavy atom. The van der Waals surface area contributed by atoms with Crippen LogP contribution in [0.2, 0.25) is 0 Å². The fourth-order valence-corrected chi connectivity index (χ4v) is 7.81. The summed E-state index contributed by atoms with van der Waals surface area (Å²) in [5.41, 5.74) is 14.1. The molecule has 0 aliphatic heterocycles. The van der Waals surface area contributed by atoms with Crippen LogP contribution in [-0.4, -0.2) is 39.0 Å². The molecule has 0 saturated carbocycles. The average Bonchev–Trinajstić information content (AvgIpc) is 3.69. The molecule has 56 heavy (non-hydrogen) atoms. The standard InChI is InChI=1S/C48H38N8/c1-27-9-15-41-34(19-27)35-20-28(2)10-16-42(35)55(41)33-23-40(51-45(24-33)56-43-17-11-29(3)21-36(43)37-22-30(4)12-18-44(37)56)48-53-46(38-13-7-31(5)25-49-38)52-47(54-48)39-14-8-32(6)26-50-39/h7-26H,1-6H3. The lowest BCUT2D eigenvalue weighted by Crippen LogP contribution is -2.06. The molecule has 0 aliphatic carbocycles. The van der Waals surface area contributed by atoms with E-state index in [0.717, 1.165) is 44.7 Å². The van der Waals surface area contributed by atoms with Gasteiger partial charge in [-0.05, 0) is 119 Å². The molecule has 0 N–H and O–H groups in total. The van der Waals surface area contributed by atoms with Crippen LogP contribution in [0.25, 0.3) is 89.7 Å². The Kier molecular flexibility index (Phi) is 7.64. The zero-order chi connectivity index (χ0) is 38.2. The largest absolute Gasteiger partial charge is 0.309 e. The molecule has 0 spiro atoms. The third-order valence-corrected chi connectivity index (χ3v) is 10.6. The van der Waals surface area contributed by atoms with Crippen molar-refractivity contribution >= 4 is 43.6 Å². The van der Waals surface area contributed by atoms with E-state index in [2.05, 4.69) is 122 Å². The van der Waals surface area contributed by atoms with E-state index >= 15 is 0 Å². The second kappa shape index (κ2) is 12.8. The minimum Gasteiger partial charge on any atom is -0.309 e. The molecule has 0 bridgehead atoms. The molecule has 8 nitrogen and oxygen atoms in total. The van der Waals surface area contributed by atoms with Crippen molar-refractivity contribution in [2.45, 2.75) is 41.5 Å². The van der Waals surface area contributed by atoms with Gasteiger partial charge in [-0.1, -0.05) is 58.7 Å². The van der Waals surface area contributed by atoms with Crippen molar-refractivity contribution < 1.29 is 0 Å². The monoisotopic (exact) mass is 726 g/mol. The van der Waals surface area contributed by atoms with Gasteiger partial charge in [-0.3, -0.25) is 14.5 Å². The van der Waals surface area contributed by atoms with Crippen molar-refractivity contribution in [2.75, 3.05) is 0 Å². The summed E-state index contributed by atoms with van der Waals surface area (Å²) in [5, 5.41) is 4.76. The molecular formula is C48H38N8. The van der Waals surface area contributed by atoms with Crippen LogP contribution in [0, 0.1) is 41.5 Å². The zero-order valence-corrected chi connectivity index (χ0v) is 32.1. The lowest BCUT2D eigenvalue weighted by Gasteiger charge is -2.15. The Morgan fingerprint density at radius 2 is 0.714 bits per heavy atom. The molecule has 0 atom stereocenters. The second-order valence-electron chi connectivity index (χ2n) is 15.1. The topological polar surface area (TPSA) is 87.2 Å². The van der Waals surface area contributed by atoms with Crippen LogP contribution >= 0.6 is 0 Å². The number of aryl methyl sites for hydroxylation is 6. The first-order valence-corrected chi connectivity index (χ1v) is 18.8. The lowest BCUT2D eigenvalue weighted by atomic mass is 10.1. The highest BCUT2D eigenvalue weighted by Gasteiger charge is 2.21. The molecule has 6 aromatic heterocycles. The molecule has 0 aliphatic rings. The van der Waals surface area contributed by atoms with Crippen LogP contribution in [0.3, 0.4) is 0 Å². The lowest BCUT2D eigenvalue weighted by molar-refractivity contribution is 1.01. The van der Waals surface area contributed by atoms with Crippen molar-refractivity contribution in [3.05, 3.63) is 155 Å². The van der Waals surface area contributed by atoms with Crippen molar-refractivity contribution in [3.63, 3.8) is 0 Å². The van der Waals surface area contributed by atoms with Gasteiger partial charge in [-0.15, -0.1) is 0 Å². The number of hydrogen-bond acceptors (Lipinski definition) is 6. The summed E-state index contributed by atoms with van der Waals surface area (Å²) in [5.74, 6) is 2.08. The van der Waals surface area contributed by atoms with Gasteiger partial charge >= 0.3 is 0 Å². The minimum absolute atomic E-state index is 0.428. The van der Waals surface area contributed by atoms with Crippen molar-refractivity contribution in [1.82, 2.24) is 39.0 Å². The third kappa shape index (κ3) is 5.61. The number of nitrogens with zero attached hydrogens (tertiary/aromatic N) is 8. The smallest absolute Gasteiger partial charge is 0.182 e. The van der Waals surface area contributed by atoms with Gasteiger partial charge in [0.25, 0.3) is 0 Å². The van der Waals surface area contributed by atoms with Gasteiger partial charge in [-0.25, -0.2) is 19.9 Å². The predicted octanol–water partition coefficient (Wildman–Crippen LogP) is 11.1. The highest BCUT2D eigenvalue weighted by molar-refractivity contribution is 6.11. The summed E-state index contributed by atoms with van der Waals surface area (Å²) in [6.07, 6.45) is 3.66. The highest BCUT2D eigenvalue weighted by Crippen LogP contribution is 2.38. The molecule has 10 rings (SSSR count). The highest BCUT2D eigenvalue weighted by atomic mass is 15.1. The van der Waals surface area contributed by atoms with Gasteiger partial charge < -0.3 is 4.57 Å². The molecular weight excluding hydrogens is 689 g/mol. The number of fused-ring (bicyclic) bond motifs is 6. The van der Waals surface area contributed by atoms with Crippen LogP contribution in [-0.2, 0) is 0 Å². The first-order chi connectivity index (χ1) is 27.2. The summed E-state index contributed by atoms with van der Waals surface area (Å²) >= 11 is 0. The molecule has 270 valence electrons. The van der Waals surface area contributed by atoms with Gasteiger partial charge in [0.05, 0.1) is 27.8 Å². The summed E-state index contributed by atoms with van der Waals surface area (Å²) in [7, 11) is 0. The van der Waals surface area contributed by atoms with Gasteiger partial charge in [0.2, 0.25) is 0 Å². The summed E-state index contributed by atoms with van der Waals surface area (Å²) in [6.45, 7) is 12.6. The molecule has 0 amide bonds. The molecule has 0 unspecified atom stereocenters. The van der Waals surface area contributed by atoms with E-state index in [0.29, 0.717) is 34.6 Å². The quantitative estimate of drug-likeness (QED) is 0.175. The predicted molar refractivity (Wildman–Crippen MR) is 227 cm³/mol. The average molecular weight is 727 g/mol. The van der Waals surface area contributed by atoms with Gasteiger partial charge in [0, 0.05) is 40.0 Å². The first kappa shape index (κ1) is 33.5. The number of pyridine rings is 3.